The molecule has 6 heteroatoms. The average molecular weight is 343 g/mol. The zero-order valence-electron chi connectivity index (χ0n) is 14.2. The number of nitriles is 1. The summed E-state index contributed by atoms with van der Waals surface area (Å²) in [6.45, 7) is 1.93. The molecule has 0 radical (unpaired) electrons. The summed E-state index contributed by atoms with van der Waals surface area (Å²) < 4.78 is 1.67. The highest BCUT2D eigenvalue weighted by atomic mass is 16.1. The lowest BCUT2D eigenvalue weighted by Crippen LogP contribution is -2.24. The van der Waals surface area contributed by atoms with Gasteiger partial charge in [-0.05, 0) is 48.4 Å². The second-order valence-corrected chi connectivity index (χ2v) is 5.73. The molecule has 6 nitrogen and oxygen atoms in total. The van der Waals surface area contributed by atoms with Crippen molar-refractivity contribution in [2.75, 3.05) is 0 Å². The fourth-order valence-corrected chi connectivity index (χ4v) is 2.44. The average Bonchev–Trinajstić information content (AvgIpc) is 3.21. The lowest BCUT2D eigenvalue weighted by atomic mass is 10.1. The van der Waals surface area contributed by atoms with E-state index in [0.717, 1.165) is 16.8 Å². The molecule has 0 saturated carbocycles. The van der Waals surface area contributed by atoms with E-state index in [9.17, 15) is 4.79 Å². The summed E-state index contributed by atoms with van der Waals surface area (Å²) in [7, 11) is 0. The quantitative estimate of drug-likeness (QED) is 0.722. The molecule has 0 spiro atoms. The zero-order valence-corrected chi connectivity index (χ0v) is 14.2. The number of benzene rings is 2. The van der Waals surface area contributed by atoms with Crippen molar-refractivity contribution in [2.24, 2.45) is 0 Å². The molecule has 1 N–H and O–H groups in total. The van der Waals surface area contributed by atoms with Gasteiger partial charge in [0.2, 0.25) is 5.91 Å². The normalized spacial score (nSPS) is 11.8. The third-order valence-electron chi connectivity index (χ3n) is 3.90. The van der Waals surface area contributed by atoms with Crippen LogP contribution in [0, 0.1) is 11.3 Å². The predicted molar refractivity (Wildman–Crippen MR) is 98.1 cm³/mol. The summed E-state index contributed by atoms with van der Waals surface area (Å²) in [6, 6.07) is 16.7. The van der Waals surface area contributed by atoms with Crippen molar-refractivity contribution in [2.45, 2.75) is 13.0 Å². The third kappa shape index (κ3) is 4.22. The third-order valence-corrected chi connectivity index (χ3v) is 3.90. The summed E-state index contributed by atoms with van der Waals surface area (Å²) in [5.41, 5.74) is 3.36. The summed E-state index contributed by atoms with van der Waals surface area (Å²) in [5.74, 6) is -0.179. The molecule has 0 aliphatic carbocycles. The van der Waals surface area contributed by atoms with Crippen molar-refractivity contribution >= 4 is 12.0 Å². The Balaban J connectivity index is 1.59. The number of hydrogen-bond donors (Lipinski definition) is 1. The maximum atomic E-state index is 12.1. The number of nitrogens with one attached hydrogen (secondary N) is 1. The second kappa shape index (κ2) is 7.90. The Hall–Kier alpha value is -3.72. The Morgan fingerprint density at radius 2 is 1.92 bits per heavy atom. The topological polar surface area (TPSA) is 83.6 Å². The van der Waals surface area contributed by atoms with Gasteiger partial charge < -0.3 is 5.32 Å². The molecule has 3 rings (SSSR count). The highest BCUT2D eigenvalue weighted by molar-refractivity contribution is 5.92. The lowest BCUT2D eigenvalue weighted by Gasteiger charge is -2.13. The summed E-state index contributed by atoms with van der Waals surface area (Å²) >= 11 is 0. The number of carbonyl (C=O) groups is 1. The minimum atomic E-state index is -0.179. The van der Waals surface area contributed by atoms with Crippen LogP contribution in [0.1, 0.15) is 29.7 Å². The first-order valence-corrected chi connectivity index (χ1v) is 8.09. The van der Waals surface area contributed by atoms with Crippen molar-refractivity contribution in [3.8, 4) is 11.8 Å². The SMILES string of the molecule is CC(NC(=O)/C=C/c1ccc(C#N)cc1)c1ccc(-n2cncn2)cc1. The predicted octanol–water partition coefficient (Wildman–Crippen LogP) is 3.03. The van der Waals surface area contributed by atoms with Gasteiger partial charge in [0.05, 0.1) is 23.4 Å². The Labute approximate surface area is 151 Å². The smallest absolute Gasteiger partial charge is 0.244 e. The second-order valence-electron chi connectivity index (χ2n) is 5.73. The van der Waals surface area contributed by atoms with Crippen molar-refractivity contribution in [3.05, 3.63) is 84.0 Å². The van der Waals surface area contributed by atoms with Gasteiger partial charge in [-0.2, -0.15) is 10.4 Å². The monoisotopic (exact) mass is 343 g/mol. The Morgan fingerprint density at radius 1 is 1.19 bits per heavy atom. The van der Waals surface area contributed by atoms with Crippen LogP contribution in [0.4, 0.5) is 0 Å². The van der Waals surface area contributed by atoms with Gasteiger partial charge in [0, 0.05) is 6.08 Å². The zero-order chi connectivity index (χ0) is 18.4. The number of hydrogen-bond acceptors (Lipinski definition) is 4. The molecule has 1 amide bonds. The van der Waals surface area contributed by atoms with E-state index in [4.69, 9.17) is 5.26 Å². The standard InChI is InChI=1S/C20H17N5O/c1-15(18-7-9-19(10-8-18)25-14-22-13-23-25)24-20(26)11-6-16-2-4-17(12-21)5-3-16/h2-11,13-15H,1H3,(H,24,26)/b11-6+. The summed E-state index contributed by atoms with van der Waals surface area (Å²) in [6.07, 6.45) is 6.32. The van der Waals surface area contributed by atoms with Crippen LogP contribution in [0.3, 0.4) is 0 Å². The van der Waals surface area contributed by atoms with Gasteiger partial charge in [0.15, 0.2) is 0 Å². The molecule has 26 heavy (non-hydrogen) atoms. The Bertz CT molecular complexity index is 935. The van der Waals surface area contributed by atoms with E-state index in [1.807, 2.05) is 31.2 Å². The van der Waals surface area contributed by atoms with Gasteiger partial charge >= 0.3 is 0 Å². The Morgan fingerprint density at radius 3 is 2.54 bits per heavy atom. The molecule has 0 bridgehead atoms. The minimum Gasteiger partial charge on any atom is -0.346 e. The first-order valence-electron chi connectivity index (χ1n) is 8.09. The van der Waals surface area contributed by atoms with Crippen molar-refractivity contribution in [1.82, 2.24) is 20.1 Å². The van der Waals surface area contributed by atoms with E-state index in [-0.39, 0.29) is 11.9 Å². The number of carbonyl (C=O) groups excluding carboxylic acids is 1. The van der Waals surface area contributed by atoms with E-state index >= 15 is 0 Å². The maximum Gasteiger partial charge on any atom is 0.244 e. The first-order chi connectivity index (χ1) is 12.7. The summed E-state index contributed by atoms with van der Waals surface area (Å²) in [4.78, 5) is 16.0. The fraction of sp³-hybridized carbons (Fsp3) is 0.100. The Kier molecular flexibility index (Phi) is 5.20. The summed E-state index contributed by atoms with van der Waals surface area (Å²) in [5, 5.41) is 15.8. The van der Waals surface area contributed by atoms with Gasteiger partial charge in [0.1, 0.15) is 12.7 Å². The molecule has 1 unspecified atom stereocenters. The van der Waals surface area contributed by atoms with E-state index in [1.165, 1.54) is 12.4 Å². The molecule has 0 aliphatic heterocycles. The van der Waals surface area contributed by atoms with Crippen LogP contribution >= 0.6 is 0 Å². The molecule has 0 saturated heterocycles. The molecule has 3 aromatic rings. The van der Waals surface area contributed by atoms with E-state index in [2.05, 4.69) is 21.5 Å². The molecule has 0 aliphatic rings. The molecule has 0 fully saturated rings. The number of nitrogens with zero attached hydrogens (tertiary/aromatic N) is 4. The van der Waals surface area contributed by atoms with Crippen molar-refractivity contribution in [1.29, 1.82) is 5.26 Å². The van der Waals surface area contributed by atoms with Gasteiger partial charge in [-0.1, -0.05) is 24.3 Å². The van der Waals surface area contributed by atoms with Crippen molar-refractivity contribution < 1.29 is 4.79 Å². The van der Waals surface area contributed by atoms with Crippen LogP contribution in [-0.4, -0.2) is 20.7 Å². The number of aromatic nitrogens is 3. The molecule has 1 heterocycles. The van der Waals surface area contributed by atoms with Crippen molar-refractivity contribution in [3.63, 3.8) is 0 Å². The number of rotatable bonds is 5. The lowest BCUT2D eigenvalue weighted by molar-refractivity contribution is -0.117. The first kappa shape index (κ1) is 17.1. The molecule has 1 atom stereocenters. The molecule has 128 valence electrons. The van der Waals surface area contributed by atoms with Crippen LogP contribution in [0.15, 0.2) is 67.3 Å². The van der Waals surface area contributed by atoms with E-state index in [1.54, 1.807) is 41.4 Å². The molecule has 1 aromatic heterocycles. The molecular weight excluding hydrogens is 326 g/mol. The largest absolute Gasteiger partial charge is 0.346 e. The van der Waals surface area contributed by atoms with Crippen LogP contribution in [0.2, 0.25) is 0 Å². The van der Waals surface area contributed by atoms with Crippen LogP contribution in [0.5, 0.6) is 0 Å². The molecule has 2 aromatic carbocycles. The fourth-order valence-electron chi connectivity index (χ4n) is 2.44. The van der Waals surface area contributed by atoms with Gasteiger partial charge in [-0.25, -0.2) is 9.67 Å². The number of amides is 1. The molecular formula is C20H17N5O. The van der Waals surface area contributed by atoms with E-state index in [0.29, 0.717) is 5.56 Å². The maximum absolute atomic E-state index is 12.1. The van der Waals surface area contributed by atoms with Gasteiger partial charge in [-0.15, -0.1) is 0 Å². The van der Waals surface area contributed by atoms with Gasteiger partial charge in [0.25, 0.3) is 0 Å². The highest BCUT2D eigenvalue weighted by Gasteiger charge is 2.08. The van der Waals surface area contributed by atoms with E-state index < -0.39 is 0 Å². The van der Waals surface area contributed by atoms with Crippen LogP contribution in [-0.2, 0) is 4.79 Å². The van der Waals surface area contributed by atoms with Crippen LogP contribution in [0.25, 0.3) is 11.8 Å². The van der Waals surface area contributed by atoms with Gasteiger partial charge in [-0.3, -0.25) is 4.79 Å². The minimum absolute atomic E-state index is 0.127. The highest BCUT2D eigenvalue weighted by Crippen LogP contribution is 2.15. The van der Waals surface area contributed by atoms with Crippen LogP contribution < -0.4 is 5.32 Å².